The van der Waals surface area contributed by atoms with Crippen molar-refractivity contribution in [3.05, 3.63) is 53.1 Å². The number of rotatable bonds is 7. The van der Waals surface area contributed by atoms with Gasteiger partial charge in [0.2, 0.25) is 0 Å². The standard InChI is InChI=1S/C24H28F3N5O2/c1-13(18-6-5-7-20(21(18)25)24(26,27)15(3)33)29-23-19-10-16(32-9-8-17(12-32)34-4)11-28-22(19)14(2)30-31-23/h5-7,10-11,13,15,17,33H,8-9,12H2,1-4H3,(H,29,31)/t13-,15?,17+/m1/s1. The zero-order chi connectivity index (χ0) is 24.6. The van der Waals surface area contributed by atoms with Gasteiger partial charge >= 0.3 is 5.92 Å². The second-order valence-electron chi connectivity index (χ2n) is 8.69. The van der Waals surface area contributed by atoms with Crippen LogP contribution in [0.25, 0.3) is 10.9 Å². The number of hydrogen-bond donors (Lipinski definition) is 2. The van der Waals surface area contributed by atoms with E-state index in [1.165, 1.54) is 12.1 Å². The Morgan fingerprint density at radius 2 is 2.03 bits per heavy atom. The molecule has 3 aromatic rings. The van der Waals surface area contributed by atoms with Gasteiger partial charge in [-0.25, -0.2) is 4.39 Å². The molecule has 34 heavy (non-hydrogen) atoms. The highest BCUT2D eigenvalue weighted by molar-refractivity contribution is 5.92. The minimum atomic E-state index is -3.72. The fraction of sp³-hybridized carbons (Fsp3) is 0.458. The Kier molecular flexibility index (Phi) is 6.64. The molecule has 182 valence electrons. The van der Waals surface area contributed by atoms with Crippen LogP contribution in [0.4, 0.5) is 24.7 Å². The summed E-state index contributed by atoms with van der Waals surface area (Å²) in [6, 6.07) is 5.00. The topological polar surface area (TPSA) is 83.4 Å². The number of benzene rings is 1. The molecule has 1 fully saturated rings. The van der Waals surface area contributed by atoms with E-state index in [-0.39, 0.29) is 11.7 Å². The number of ether oxygens (including phenoxy) is 1. The third-order valence-corrected chi connectivity index (χ3v) is 6.35. The van der Waals surface area contributed by atoms with Crippen LogP contribution < -0.4 is 10.2 Å². The summed E-state index contributed by atoms with van der Waals surface area (Å²) >= 11 is 0. The molecule has 0 bridgehead atoms. The minimum absolute atomic E-state index is 0.0277. The third-order valence-electron chi connectivity index (χ3n) is 6.35. The van der Waals surface area contributed by atoms with Gasteiger partial charge in [-0.05, 0) is 39.3 Å². The number of anilines is 2. The Bertz CT molecular complexity index is 1190. The molecule has 1 unspecified atom stereocenters. The first-order valence-electron chi connectivity index (χ1n) is 11.2. The molecule has 3 atom stereocenters. The zero-order valence-corrected chi connectivity index (χ0v) is 19.5. The number of pyridine rings is 1. The van der Waals surface area contributed by atoms with E-state index in [1.54, 1.807) is 27.2 Å². The molecule has 0 spiro atoms. The quantitative estimate of drug-likeness (QED) is 0.526. The Balaban J connectivity index is 1.68. The molecule has 2 aromatic heterocycles. The lowest BCUT2D eigenvalue weighted by Crippen LogP contribution is -2.29. The second kappa shape index (κ2) is 9.34. The number of nitrogens with zero attached hydrogens (tertiary/aromatic N) is 4. The lowest BCUT2D eigenvalue weighted by atomic mass is 9.97. The lowest BCUT2D eigenvalue weighted by Gasteiger charge is -2.23. The molecule has 1 saturated heterocycles. The first-order chi connectivity index (χ1) is 16.1. The van der Waals surface area contributed by atoms with Crippen LogP contribution in [0, 0.1) is 12.7 Å². The number of aromatic nitrogens is 3. The molecule has 0 aliphatic carbocycles. The molecule has 1 aliphatic rings. The summed E-state index contributed by atoms with van der Waals surface area (Å²) in [4.78, 5) is 6.75. The van der Waals surface area contributed by atoms with Crippen molar-refractivity contribution in [3.63, 3.8) is 0 Å². The van der Waals surface area contributed by atoms with E-state index in [0.29, 0.717) is 22.4 Å². The number of aryl methyl sites for hydroxylation is 1. The predicted octanol–water partition coefficient (Wildman–Crippen LogP) is 4.34. The van der Waals surface area contributed by atoms with Crippen LogP contribution in [-0.4, -0.2) is 52.7 Å². The first-order valence-corrected chi connectivity index (χ1v) is 11.2. The van der Waals surface area contributed by atoms with Crippen LogP contribution >= 0.6 is 0 Å². The molecule has 10 heteroatoms. The average molecular weight is 476 g/mol. The molecule has 7 nitrogen and oxygen atoms in total. The maximum Gasteiger partial charge on any atom is 0.301 e. The van der Waals surface area contributed by atoms with Gasteiger partial charge in [0.05, 0.1) is 40.8 Å². The van der Waals surface area contributed by atoms with Crippen molar-refractivity contribution >= 4 is 22.4 Å². The van der Waals surface area contributed by atoms with Gasteiger partial charge in [-0.3, -0.25) is 4.98 Å². The number of aliphatic hydroxyl groups is 1. The van der Waals surface area contributed by atoms with Crippen molar-refractivity contribution in [1.29, 1.82) is 0 Å². The van der Waals surface area contributed by atoms with Crippen molar-refractivity contribution in [2.75, 3.05) is 30.4 Å². The van der Waals surface area contributed by atoms with Crippen LogP contribution in [0.1, 0.15) is 43.1 Å². The smallest absolute Gasteiger partial charge is 0.301 e. The summed E-state index contributed by atoms with van der Waals surface area (Å²) in [5, 5.41) is 21.7. The number of aliphatic hydroxyl groups excluding tert-OH is 1. The molecule has 2 N–H and O–H groups in total. The number of nitrogens with one attached hydrogen (secondary N) is 1. The van der Waals surface area contributed by atoms with Gasteiger partial charge in [0.25, 0.3) is 0 Å². The van der Waals surface area contributed by atoms with Crippen LogP contribution in [0.15, 0.2) is 30.5 Å². The average Bonchev–Trinajstić information content (AvgIpc) is 3.30. The molecule has 0 amide bonds. The van der Waals surface area contributed by atoms with E-state index in [2.05, 4.69) is 25.4 Å². The van der Waals surface area contributed by atoms with E-state index in [0.717, 1.165) is 38.2 Å². The number of halogens is 3. The van der Waals surface area contributed by atoms with E-state index in [1.807, 2.05) is 6.07 Å². The summed E-state index contributed by atoms with van der Waals surface area (Å²) in [7, 11) is 1.69. The second-order valence-corrected chi connectivity index (χ2v) is 8.69. The number of hydrogen-bond acceptors (Lipinski definition) is 7. The molecule has 3 heterocycles. The van der Waals surface area contributed by atoms with Crippen molar-refractivity contribution in [3.8, 4) is 0 Å². The molecule has 1 aromatic carbocycles. The summed E-state index contributed by atoms with van der Waals surface area (Å²) in [6.45, 7) is 5.96. The van der Waals surface area contributed by atoms with Crippen molar-refractivity contribution in [1.82, 2.24) is 15.2 Å². The monoisotopic (exact) mass is 475 g/mol. The number of methoxy groups -OCH3 is 1. The van der Waals surface area contributed by atoms with Gasteiger partial charge in [0.15, 0.2) is 5.82 Å². The summed E-state index contributed by atoms with van der Waals surface area (Å²) in [6.07, 6.45) is 0.821. The Labute approximate surface area is 196 Å². The van der Waals surface area contributed by atoms with E-state index in [4.69, 9.17) is 4.74 Å². The molecule has 0 saturated carbocycles. The lowest BCUT2D eigenvalue weighted by molar-refractivity contribution is -0.108. The maximum atomic E-state index is 15.1. The predicted molar refractivity (Wildman–Crippen MR) is 124 cm³/mol. The summed E-state index contributed by atoms with van der Waals surface area (Å²) in [5.41, 5.74) is 1.37. The van der Waals surface area contributed by atoms with Gasteiger partial charge < -0.3 is 20.1 Å². The van der Waals surface area contributed by atoms with Crippen molar-refractivity contribution in [2.24, 2.45) is 0 Å². The Morgan fingerprint density at radius 3 is 2.71 bits per heavy atom. The van der Waals surface area contributed by atoms with Gasteiger partial charge in [-0.2, -0.15) is 13.9 Å². The Hall–Kier alpha value is -2.98. The highest BCUT2D eigenvalue weighted by atomic mass is 19.3. The van der Waals surface area contributed by atoms with Crippen LogP contribution in [0.3, 0.4) is 0 Å². The molecule has 1 aliphatic heterocycles. The van der Waals surface area contributed by atoms with E-state index in [9.17, 15) is 13.9 Å². The van der Waals surface area contributed by atoms with Crippen molar-refractivity contribution < 1.29 is 23.0 Å². The van der Waals surface area contributed by atoms with E-state index >= 15 is 4.39 Å². The summed E-state index contributed by atoms with van der Waals surface area (Å²) in [5.74, 6) is -4.42. The normalized spacial score (nSPS) is 18.4. The van der Waals surface area contributed by atoms with Crippen molar-refractivity contribution in [2.45, 2.75) is 51.4 Å². The van der Waals surface area contributed by atoms with E-state index < -0.39 is 29.4 Å². The van der Waals surface area contributed by atoms with Gasteiger partial charge in [-0.1, -0.05) is 12.1 Å². The van der Waals surface area contributed by atoms with Crippen LogP contribution in [-0.2, 0) is 10.7 Å². The van der Waals surface area contributed by atoms with Gasteiger partial charge in [0.1, 0.15) is 11.9 Å². The number of alkyl halides is 2. The molecule has 4 rings (SSSR count). The Morgan fingerprint density at radius 1 is 1.26 bits per heavy atom. The fourth-order valence-electron chi connectivity index (χ4n) is 4.23. The maximum absolute atomic E-state index is 15.1. The molecular formula is C24H28F3N5O2. The fourth-order valence-corrected chi connectivity index (χ4v) is 4.23. The van der Waals surface area contributed by atoms with Gasteiger partial charge in [0, 0.05) is 31.1 Å². The minimum Gasteiger partial charge on any atom is -0.387 e. The van der Waals surface area contributed by atoms with Crippen LogP contribution in [0.2, 0.25) is 0 Å². The van der Waals surface area contributed by atoms with Gasteiger partial charge in [-0.15, -0.1) is 5.10 Å². The SMILES string of the molecule is CO[C@H]1CCN(c2cnc3c(C)nnc(N[C@H](C)c4cccc(C(F)(F)C(C)O)c4F)c3c2)C1. The molecule has 0 radical (unpaired) electrons. The van der Waals surface area contributed by atoms with Crippen LogP contribution in [0.5, 0.6) is 0 Å². The summed E-state index contributed by atoms with van der Waals surface area (Å²) < 4.78 is 49.3. The molecular weight excluding hydrogens is 447 g/mol. The highest BCUT2D eigenvalue weighted by Crippen LogP contribution is 2.37. The first kappa shape index (κ1) is 24.2. The number of fused-ring (bicyclic) bond motifs is 1. The largest absolute Gasteiger partial charge is 0.387 e. The zero-order valence-electron chi connectivity index (χ0n) is 19.5. The highest BCUT2D eigenvalue weighted by Gasteiger charge is 2.40. The third kappa shape index (κ3) is 4.39.